The highest BCUT2D eigenvalue weighted by atomic mass is 16.6. The van der Waals surface area contributed by atoms with Crippen LogP contribution in [0.15, 0.2) is 22.8 Å². The first-order chi connectivity index (χ1) is 19.5. The maximum Gasteiger partial charge on any atom is 0.293 e. The monoisotopic (exact) mass is 560 g/mol. The maximum atomic E-state index is 13.2. The Kier molecular flexibility index (Phi) is 5.53. The number of ether oxygens (including phenoxy) is 2. The van der Waals surface area contributed by atoms with Crippen LogP contribution in [0, 0.1) is 45.8 Å². The van der Waals surface area contributed by atoms with Crippen molar-refractivity contribution >= 4 is 18.0 Å². The van der Waals surface area contributed by atoms with Crippen LogP contribution in [-0.4, -0.2) is 35.3 Å². The number of allylic oxidation sites excluding steroid dienone is 3. The first kappa shape index (κ1) is 26.8. The lowest BCUT2D eigenvalue weighted by molar-refractivity contribution is -0.157. The van der Waals surface area contributed by atoms with Crippen molar-refractivity contribution in [2.24, 2.45) is 45.8 Å². The molecular weight excluding hydrogens is 512 g/mol. The molecule has 41 heavy (non-hydrogen) atoms. The fourth-order valence-electron chi connectivity index (χ4n) is 12.1. The molecule has 0 aromatic rings. The van der Waals surface area contributed by atoms with E-state index < -0.39 is 5.60 Å². The Morgan fingerprint density at radius 1 is 0.951 bits per heavy atom. The third-order valence-electron chi connectivity index (χ3n) is 14.9. The Labute approximate surface area is 245 Å². The highest BCUT2D eigenvalue weighted by Gasteiger charge is 2.77. The molecule has 0 aromatic carbocycles. The number of ketones is 2. The second-order valence-electron chi connectivity index (χ2n) is 16.5. The van der Waals surface area contributed by atoms with Gasteiger partial charge in [0.2, 0.25) is 0 Å². The molecule has 0 bridgehead atoms. The number of Topliss-reactive ketones (excluding diaryl/α,β-unsaturated/α-hetero) is 2. The molecule has 7 fully saturated rings. The van der Waals surface area contributed by atoms with Crippen molar-refractivity contribution in [3.63, 3.8) is 0 Å². The van der Waals surface area contributed by atoms with Crippen molar-refractivity contribution in [2.45, 2.75) is 135 Å². The average molecular weight is 561 g/mol. The minimum Gasteiger partial charge on any atom is -0.461 e. The molecule has 6 saturated carbocycles. The van der Waals surface area contributed by atoms with Crippen LogP contribution in [0.2, 0.25) is 0 Å². The van der Waals surface area contributed by atoms with Crippen molar-refractivity contribution in [2.75, 3.05) is 0 Å². The Balaban J connectivity index is 1.19. The van der Waals surface area contributed by atoms with Crippen LogP contribution in [0.3, 0.4) is 0 Å². The van der Waals surface area contributed by atoms with Gasteiger partial charge in [0.15, 0.2) is 0 Å². The molecule has 222 valence electrons. The lowest BCUT2D eigenvalue weighted by Crippen LogP contribution is -2.53. The molecule has 7 aliphatic carbocycles. The van der Waals surface area contributed by atoms with Gasteiger partial charge in [-0.15, -0.1) is 0 Å². The van der Waals surface area contributed by atoms with E-state index in [0.29, 0.717) is 61.0 Å². The first-order valence-corrected chi connectivity index (χ1v) is 16.8. The van der Waals surface area contributed by atoms with E-state index >= 15 is 0 Å². The molecule has 1 aliphatic heterocycles. The van der Waals surface area contributed by atoms with Gasteiger partial charge in [-0.3, -0.25) is 14.4 Å². The predicted octanol–water partition coefficient (Wildman–Crippen LogP) is 7.07. The predicted molar refractivity (Wildman–Crippen MR) is 155 cm³/mol. The third-order valence-corrected chi connectivity index (χ3v) is 14.9. The quantitative estimate of drug-likeness (QED) is 0.210. The molecule has 8 rings (SSSR count). The highest BCUT2D eigenvalue weighted by molar-refractivity contribution is 5.84. The van der Waals surface area contributed by atoms with Gasteiger partial charge in [0.1, 0.15) is 22.8 Å². The Bertz CT molecular complexity index is 1290. The molecule has 0 amide bonds. The second kappa shape index (κ2) is 8.45. The number of hydrogen-bond acceptors (Lipinski definition) is 5. The lowest BCUT2D eigenvalue weighted by atomic mass is 9.52. The summed E-state index contributed by atoms with van der Waals surface area (Å²) in [6.45, 7) is 9.97. The summed E-state index contributed by atoms with van der Waals surface area (Å²) in [6, 6.07) is 0. The van der Waals surface area contributed by atoms with Crippen molar-refractivity contribution in [1.29, 1.82) is 0 Å². The van der Waals surface area contributed by atoms with Gasteiger partial charge in [0, 0.05) is 41.9 Å². The van der Waals surface area contributed by atoms with Crippen LogP contribution < -0.4 is 0 Å². The molecule has 5 nitrogen and oxygen atoms in total. The van der Waals surface area contributed by atoms with Crippen LogP contribution >= 0.6 is 0 Å². The van der Waals surface area contributed by atoms with Gasteiger partial charge in [-0.05, 0) is 94.3 Å². The Morgan fingerprint density at radius 3 is 2.56 bits per heavy atom. The fourth-order valence-corrected chi connectivity index (χ4v) is 12.1. The summed E-state index contributed by atoms with van der Waals surface area (Å²) in [5.74, 6) is 3.93. The Hall–Kier alpha value is -1.75. The third kappa shape index (κ3) is 3.42. The molecule has 5 heteroatoms. The van der Waals surface area contributed by atoms with Gasteiger partial charge in [0.05, 0.1) is 6.10 Å². The molecule has 0 N–H and O–H groups in total. The summed E-state index contributed by atoms with van der Waals surface area (Å²) in [5.41, 5.74) is 3.62. The summed E-state index contributed by atoms with van der Waals surface area (Å²) >= 11 is 0. The molecule has 0 radical (unpaired) electrons. The van der Waals surface area contributed by atoms with E-state index in [9.17, 15) is 14.4 Å². The van der Waals surface area contributed by atoms with E-state index in [1.807, 2.05) is 0 Å². The van der Waals surface area contributed by atoms with E-state index in [4.69, 9.17) is 9.47 Å². The second-order valence-corrected chi connectivity index (χ2v) is 16.5. The van der Waals surface area contributed by atoms with Crippen molar-refractivity contribution in [3.05, 3.63) is 22.8 Å². The van der Waals surface area contributed by atoms with Crippen LogP contribution in [-0.2, 0) is 23.9 Å². The number of fused-ring (bicyclic) bond motifs is 6. The van der Waals surface area contributed by atoms with Crippen LogP contribution in [0.4, 0.5) is 0 Å². The average Bonchev–Trinajstić information content (AvgIpc) is 3.81. The minimum atomic E-state index is -0.433. The van der Waals surface area contributed by atoms with E-state index in [1.54, 1.807) is 5.57 Å². The zero-order valence-electron chi connectivity index (χ0n) is 25.6. The molecule has 5 unspecified atom stereocenters. The largest absolute Gasteiger partial charge is 0.461 e. The van der Waals surface area contributed by atoms with Crippen molar-refractivity contribution < 1.29 is 23.9 Å². The minimum absolute atomic E-state index is 0.0605. The number of hydrogen-bond donors (Lipinski definition) is 0. The zero-order chi connectivity index (χ0) is 28.6. The molecule has 1 heterocycles. The summed E-state index contributed by atoms with van der Waals surface area (Å²) < 4.78 is 12.7. The SMILES string of the molecule is C[C@@H]1CCC2C3CCC(=O)CC3=CC3(CC3=C3CC(=O)CC[C@]3(C)[C@]34C[C@@H]5CC[C@](C)(OC=O)[C@@]5(C)CC3O4)C2C1. The van der Waals surface area contributed by atoms with E-state index in [-0.39, 0.29) is 27.9 Å². The first-order valence-electron chi connectivity index (χ1n) is 16.8. The van der Waals surface area contributed by atoms with Crippen LogP contribution in [0.25, 0.3) is 0 Å². The molecule has 0 aromatic heterocycles. The van der Waals surface area contributed by atoms with Gasteiger partial charge in [-0.1, -0.05) is 50.0 Å². The van der Waals surface area contributed by atoms with Crippen LogP contribution in [0.5, 0.6) is 0 Å². The molecule has 1 saturated heterocycles. The van der Waals surface area contributed by atoms with Gasteiger partial charge >= 0.3 is 0 Å². The van der Waals surface area contributed by atoms with E-state index in [2.05, 4.69) is 33.8 Å². The summed E-state index contributed by atoms with van der Waals surface area (Å²) in [4.78, 5) is 37.2. The van der Waals surface area contributed by atoms with Gasteiger partial charge < -0.3 is 9.47 Å². The molecule has 11 atom stereocenters. The maximum absolute atomic E-state index is 13.2. The standard InChI is InChI=1S/C36H48O5/c1-21-5-7-27-26-8-6-24(38)14-22(26)16-35(28(27)13-21)18-30(35)29-15-25(39)10-11-32(29,2)36-17-23-9-12-34(4,40-20-37)33(23,3)19-31(36)41-36/h16,20-21,23,26-28,31H,5-15,17-19H2,1-4H3/t21-,23+,26?,27?,28?,31?,32+,33+,34+,35?,36+/m1/s1. The van der Waals surface area contributed by atoms with Gasteiger partial charge in [-0.25, -0.2) is 0 Å². The Morgan fingerprint density at radius 2 is 1.76 bits per heavy atom. The number of epoxide rings is 1. The number of rotatable bonds is 3. The molecule has 1 spiro atoms. The lowest BCUT2D eigenvalue weighted by Gasteiger charge is -2.51. The smallest absolute Gasteiger partial charge is 0.293 e. The molecular formula is C36H48O5. The van der Waals surface area contributed by atoms with Crippen LogP contribution in [0.1, 0.15) is 118 Å². The van der Waals surface area contributed by atoms with Crippen molar-refractivity contribution in [1.82, 2.24) is 0 Å². The number of carbonyl (C=O) groups is 3. The topological polar surface area (TPSA) is 73.0 Å². The summed E-state index contributed by atoms with van der Waals surface area (Å²) in [5, 5.41) is 0. The number of carbonyl (C=O) groups excluding carboxylic acids is 3. The van der Waals surface area contributed by atoms with Gasteiger partial charge in [-0.2, -0.15) is 0 Å². The fraction of sp³-hybridized carbons (Fsp3) is 0.806. The van der Waals surface area contributed by atoms with E-state index in [0.717, 1.165) is 57.3 Å². The highest BCUT2D eigenvalue weighted by Crippen LogP contribution is 2.76. The van der Waals surface area contributed by atoms with E-state index in [1.165, 1.54) is 30.4 Å². The normalized spacial score (nSPS) is 55.4. The summed E-state index contributed by atoms with van der Waals surface area (Å²) in [7, 11) is 0. The zero-order valence-corrected chi connectivity index (χ0v) is 25.6. The summed E-state index contributed by atoms with van der Waals surface area (Å²) in [6.07, 6.45) is 16.2. The van der Waals surface area contributed by atoms with Crippen molar-refractivity contribution in [3.8, 4) is 0 Å². The molecule has 8 aliphatic rings. The van der Waals surface area contributed by atoms with Gasteiger partial charge in [0.25, 0.3) is 6.47 Å².